The van der Waals surface area contributed by atoms with E-state index in [1.165, 1.54) is 7.11 Å². The molecule has 0 aromatic heterocycles. The number of hydrogen-bond donors (Lipinski definition) is 3. The van der Waals surface area contributed by atoms with Crippen LogP contribution in [0.2, 0.25) is 0 Å². The lowest BCUT2D eigenvalue weighted by atomic mass is 10.1. The number of primary amides is 1. The Labute approximate surface area is 281 Å². The molecule has 11 nitrogen and oxygen atoms in total. The van der Waals surface area contributed by atoms with E-state index in [4.69, 9.17) is 19.9 Å². The molecule has 0 saturated carbocycles. The van der Waals surface area contributed by atoms with Crippen molar-refractivity contribution in [2.75, 3.05) is 20.3 Å². The summed E-state index contributed by atoms with van der Waals surface area (Å²) in [6.07, 6.45) is -1.90. The van der Waals surface area contributed by atoms with Crippen molar-refractivity contribution in [1.82, 2.24) is 10.6 Å². The second kappa shape index (κ2) is 19.5. The second-order valence-electron chi connectivity index (χ2n) is 11.3. The number of benzene rings is 3. The molecule has 0 unspecified atom stereocenters. The molecular formula is C37H41N3O8. The molecule has 252 valence electrons. The second-order valence-corrected chi connectivity index (χ2v) is 11.3. The number of aryl methyl sites for hydroxylation is 2. The number of carbonyl (C=O) groups is 4. The predicted octanol–water partition coefficient (Wildman–Crippen LogP) is 5.53. The fourth-order valence-corrected chi connectivity index (χ4v) is 3.88. The molecule has 3 aromatic rings. The van der Waals surface area contributed by atoms with Gasteiger partial charge in [0.1, 0.15) is 5.60 Å². The summed E-state index contributed by atoms with van der Waals surface area (Å²) >= 11 is 0. The van der Waals surface area contributed by atoms with Crippen LogP contribution < -0.4 is 16.4 Å². The van der Waals surface area contributed by atoms with Crippen molar-refractivity contribution in [2.45, 2.75) is 53.3 Å². The Balaban J connectivity index is 0.000000886. The monoisotopic (exact) mass is 655 g/mol. The van der Waals surface area contributed by atoms with E-state index in [2.05, 4.69) is 39.1 Å². The lowest BCUT2D eigenvalue weighted by Gasteiger charge is -2.16. The molecule has 4 N–H and O–H groups in total. The lowest BCUT2D eigenvalue weighted by Crippen LogP contribution is -2.27. The van der Waals surface area contributed by atoms with Crippen LogP contribution in [0.1, 0.15) is 64.5 Å². The number of hydrogen-bond acceptors (Lipinski definition) is 8. The molecule has 0 aliphatic heterocycles. The SMILES string of the molecule is CC(C)(C)OC(N)=O.COC(=O)c1cc(C#CCOC(=O)NCc2cccc(C)c2)cc(C#CCOC(=O)NCc2cccc(C)c2)c1. The molecule has 3 rings (SSSR count). The van der Waals surface area contributed by atoms with Crippen molar-refractivity contribution in [3.63, 3.8) is 0 Å². The highest BCUT2D eigenvalue weighted by molar-refractivity contribution is 5.90. The number of alkyl carbamates (subject to hydrolysis) is 2. The van der Waals surface area contributed by atoms with E-state index in [9.17, 15) is 19.2 Å². The first-order valence-corrected chi connectivity index (χ1v) is 14.9. The molecule has 11 heteroatoms. The minimum atomic E-state index is -0.725. The number of nitrogens with one attached hydrogen (secondary N) is 2. The minimum Gasteiger partial charge on any atom is -0.465 e. The van der Waals surface area contributed by atoms with Gasteiger partial charge in [-0.25, -0.2) is 19.2 Å². The maximum Gasteiger partial charge on any atom is 0.408 e. The van der Waals surface area contributed by atoms with Gasteiger partial charge in [-0.3, -0.25) is 0 Å². The average molecular weight is 656 g/mol. The van der Waals surface area contributed by atoms with Gasteiger partial charge in [-0.1, -0.05) is 83.3 Å². The first-order valence-electron chi connectivity index (χ1n) is 14.9. The van der Waals surface area contributed by atoms with E-state index in [1.54, 1.807) is 39.0 Å². The van der Waals surface area contributed by atoms with Crippen LogP contribution in [-0.2, 0) is 32.0 Å². The Morgan fingerprint density at radius 2 is 1.19 bits per heavy atom. The normalized spacial score (nSPS) is 9.88. The Morgan fingerprint density at radius 3 is 1.54 bits per heavy atom. The van der Waals surface area contributed by atoms with E-state index >= 15 is 0 Å². The topological polar surface area (TPSA) is 155 Å². The number of nitrogens with two attached hydrogens (primary N) is 1. The third-order valence-electron chi connectivity index (χ3n) is 5.82. The molecule has 0 aliphatic carbocycles. The largest absolute Gasteiger partial charge is 0.465 e. The lowest BCUT2D eigenvalue weighted by molar-refractivity contribution is 0.0590. The van der Waals surface area contributed by atoms with Gasteiger partial charge in [0.2, 0.25) is 0 Å². The van der Waals surface area contributed by atoms with Gasteiger partial charge in [0.25, 0.3) is 0 Å². The number of carbonyl (C=O) groups excluding carboxylic acids is 4. The molecule has 0 saturated heterocycles. The summed E-state index contributed by atoms with van der Waals surface area (Å²) < 4.78 is 19.6. The van der Waals surface area contributed by atoms with Gasteiger partial charge in [0, 0.05) is 24.2 Å². The van der Waals surface area contributed by atoms with Crippen LogP contribution in [0.25, 0.3) is 0 Å². The Kier molecular flexibility index (Phi) is 15.6. The zero-order valence-corrected chi connectivity index (χ0v) is 28.0. The predicted molar refractivity (Wildman–Crippen MR) is 181 cm³/mol. The van der Waals surface area contributed by atoms with Gasteiger partial charge in [-0.05, 0) is 63.9 Å². The standard InChI is InChI=1S/C32H30N2O6.C5H11NO2/c1-23-8-4-10-27(16-23)21-33-31(36)39-14-6-12-25-18-26(20-29(19-25)30(35)38-3)13-7-15-40-32(37)34-22-28-11-5-9-24(2)17-28;1-5(2,3)8-4(6)7/h4-5,8-11,16-20H,14-15,21-22H2,1-3H3,(H,33,36)(H,34,37);1-3H3,(H2,6,7). The molecule has 0 radical (unpaired) electrons. The maximum absolute atomic E-state index is 12.1. The maximum atomic E-state index is 12.1. The molecule has 0 bridgehead atoms. The van der Waals surface area contributed by atoms with E-state index in [0.29, 0.717) is 24.2 Å². The van der Waals surface area contributed by atoms with Gasteiger partial charge < -0.3 is 35.3 Å². The zero-order valence-electron chi connectivity index (χ0n) is 28.0. The van der Waals surface area contributed by atoms with Crippen LogP contribution in [0.4, 0.5) is 14.4 Å². The van der Waals surface area contributed by atoms with E-state index in [1.807, 2.05) is 62.4 Å². The van der Waals surface area contributed by atoms with Crippen molar-refractivity contribution < 1.29 is 38.1 Å². The Hall–Kier alpha value is -5.94. The third-order valence-corrected chi connectivity index (χ3v) is 5.82. The van der Waals surface area contributed by atoms with E-state index < -0.39 is 29.9 Å². The fraction of sp³-hybridized carbons (Fsp3) is 0.297. The van der Waals surface area contributed by atoms with Crippen molar-refractivity contribution in [2.24, 2.45) is 5.73 Å². The quantitative estimate of drug-likeness (QED) is 0.171. The van der Waals surface area contributed by atoms with Crippen LogP contribution in [0.15, 0.2) is 66.7 Å². The van der Waals surface area contributed by atoms with Crippen LogP contribution in [0, 0.1) is 37.5 Å². The van der Waals surface area contributed by atoms with Gasteiger partial charge in [-0.2, -0.15) is 0 Å². The number of ether oxygens (including phenoxy) is 4. The van der Waals surface area contributed by atoms with Crippen LogP contribution in [0.5, 0.6) is 0 Å². The van der Waals surface area contributed by atoms with Gasteiger partial charge in [-0.15, -0.1) is 0 Å². The molecule has 0 atom stereocenters. The molecule has 3 amide bonds. The first kappa shape index (κ1) is 38.2. The molecule has 0 aliphatic rings. The van der Waals surface area contributed by atoms with Gasteiger partial charge >= 0.3 is 24.2 Å². The van der Waals surface area contributed by atoms with Crippen molar-refractivity contribution in [1.29, 1.82) is 0 Å². The molecule has 0 spiro atoms. The summed E-state index contributed by atoms with van der Waals surface area (Å²) in [5, 5.41) is 5.34. The minimum absolute atomic E-state index is 0.144. The van der Waals surface area contributed by atoms with Crippen molar-refractivity contribution in [3.8, 4) is 23.7 Å². The highest BCUT2D eigenvalue weighted by Gasteiger charge is 2.12. The molecule has 0 heterocycles. The number of esters is 1. The van der Waals surface area contributed by atoms with E-state index in [-0.39, 0.29) is 18.8 Å². The average Bonchev–Trinajstić information content (AvgIpc) is 3.02. The van der Waals surface area contributed by atoms with Gasteiger partial charge in [0.15, 0.2) is 13.2 Å². The summed E-state index contributed by atoms with van der Waals surface area (Å²) in [7, 11) is 1.28. The summed E-state index contributed by atoms with van der Waals surface area (Å²) in [4.78, 5) is 46.0. The number of methoxy groups -OCH3 is 1. The summed E-state index contributed by atoms with van der Waals surface area (Å²) in [6, 6.07) is 20.3. The Morgan fingerprint density at radius 1 is 0.729 bits per heavy atom. The summed E-state index contributed by atoms with van der Waals surface area (Å²) in [5.41, 5.74) is 9.61. The highest BCUT2D eigenvalue weighted by atomic mass is 16.6. The van der Waals surface area contributed by atoms with Crippen molar-refractivity contribution in [3.05, 3.63) is 106 Å². The first-order chi connectivity index (χ1) is 22.7. The molecule has 3 aromatic carbocycles. The third kappa shape index (κ3) is 16.4. The molecular weight excluding hydrogens is 614 g/mol. The summed E-state index contributed by atoms with van der Waals surface area (Å²) in [5.74, 6) is 10.7. The van der Waals surface area contributed by atoms with Crippen molar-refractivity contribution >= 4 is 24.2 Å². The van der Waals surface area contributed by atoms with Crippen LogP contribution in [0.3, 0.4) is 0 Å². The number of rotatable bonds is 7. The van der Waals surface area contributed by atoms with Crippen LogP contribution >= 0.6 is 0 Å². The zero-order chi connectivity index (χ0) is 35.5. The number of amides is 3. The molecule has 0 fully saturated rings. The van der Waals surface area contributed by atoms with Gasteiger partial charge in [0.05, 0.1) is 12.7 Å². The van der Waals surface area contributed by atoms with E-state index in [0.717, 1.165) is 22.3 Å². The smallest absolute Gasteiger partial charge is 0.408 e. The van der Waals surface area contributed by atoms with Crippen LogP contribution in [-0.4, -0.2) is 50.2 Å². The molecule has 48 heavy (non-hydrogen) atoms. The highest BCUT2D eigenvalue weighted by Crippen LogP contribution is 2.11. The Bertz CT molecular complexity index is 1600. The fourth-order valence-electron chi connectivity index (χ4n) is 3.88. The summed E-state index contributed by atoms with van der Waals surface area (Å²) in [6.45, 7) is 9.64.